The summed E-state index contributed by atoms with van der Waals surface area (Å²) in [5.74, 6) is -2.30. The molecule has 32 heavy (non-hydrogen) atoms. The highest BCUT2D eigenvalue weighted by Crippen LogP contribution is 2.37. The Labute approximate surface area is 188 Å². The lowest BCUT2D eigenvalue weighted by atomic mass is 9.78. The Kier molecular flexibility index (Phi) is 7.53. The van der Waals surface area contributed by atoms with Gasteiger partial charge in [-0.15, -0.1) is 0 Å². The van der Waals surface area contributed by atoms with Gasteiger partial charge in [0.1, 0.15) is 12.4 Å². The van der Waals surface area contributed by atoms with Crippen LogP contribution in [0.15, 0.2) is 54.6 Å². The average Bonchev–Trinajstić information content (AvgIpc) is 2.76. The molecule has 1 heterocycles. The van der Waals surface area contributed by atoms with E-state index < -0.39 is 35.6 Å². The molecule has 1 N–H and O–H groups in total. The van der Waals surface area contributed by atoms with Crippen LogP contribution in [0.5, 0.6) is 0 Å². The number of nitrogens with zero attached hydrogens (tertiary/aromatic N) is 1. The third kappa shape index (κ3) is 5.87. The summed E-state index contributed by atoms with van der Waals surface area (Å²) in [6, 6.07) is 17.7. The SMILES string of the molecule is COCO[C@@H]1CN(C(=O)OC(C)(C)C)C[C@H](C(=O)O)[C@H]1c1cccc(-c2ccccc2)c1. The highest BCUT2D eigenvalue weighted by Gasteiger charge is 2.44. The topological polar surface area (TPSA) is 85.3 Å². The Balaban J connectivity index is 1.95. The van der Waals surface area contributed by atoms with Gasteiger partial charge < -0.3 is 24.2 Å². The van der Waals surface area contributed by atoms with Crippen molar-refractivity contribution in [1.29, 1.82) is 0 Å². The van der Waals surface area contributed by atoms with Gasteiger partial charge in [-0.1, -0.05) is 54.6 Å². The number of carboxylic acid groups (broad SMARTS) is 1. The molecule has 3 rings (SSSR count). The first-order chi connectivity index (χ1) is 15.2. The summed E-state index contributed by atoms with van der Waals surface area (Å²) in [6.45, 7) is 5.58. The van der Waals surface area contributed by atoms with Crippen molar-refractivity contribution in [1.82, 2.24) is 4.90 Å². The van der Waals surface area contributed by atoms with Gasteiger partial charge in [0, 0.05) is 19.6 Å². The van der Waals surface area contributed by atoms with Crippen LogP contribution in [0.2, 0.25) is 0 Å². The lowest BCUT2D eigenvalue weighted by Gasteiger charge is -2.42. The fourth-order valence-corrected chi connectivity index (χ4v) is 4.04. The van der Waals surface area contributed by atoms with Crippen molar-refractivity contribution >= 4 is 12.1 Å². The Hall–Kier alpha value is -2.90. The number of methoxy groups -OCH3 is 1. The van der Waals surface area contributed by atoms with Gasteiger partial charge in [-0.3, -0.25) is 4.79 Å². The maximum atomic E-state index is 12.7. The third-order valence-corrected chi connectivity index (χ3v) is 5.40. The second kappa shape index (κ2) is 10.1. The largest absolute Gasteiger partial charge is 0.481 e. The summed E-state index contributed by atoms with van der Waals surface area (Å²) < 4.78 is 16.5. The number of carbonyl (C=O) groups is 2. The molecular formula is C25H31NO6. The van der Waals surface area contributed by atoms with Crippen molar-refractivity contribution in [3.8, 4) is 11.1 Å². The van der Waals surface area contributed by atoms with Crippen molar-refractivity contribution in [2.24, 2.45) is 5.92 Å². The minimum atomic E-state index is -0.987. The van der Waals surface area contributed by atoms with Gasteiger partial charge in [-0.05, 0) is 37.5 Å². The molecule has 2 aromatic rings. The van der Waals surface area contributed by atoms with Crippen LogP contribution in [0.3, 0.4) is 0 Å². The second-order valence-corrected chi connectivity index (χ2v) is 8.96. The molecular weight excluding hydrogens is 410 g/mol. The number of likely N-dealkylation sites (tertiary alicyclic amines) is 1. The van der Waals surface area contributed by atoms with E-state index in [9.17, 15) is 14.7 Å². The minimum absolute atomic E-state index is 0.00591. The maximum Gasteiger partial charge on any atom is 0.410 e. The molecule has 2 aromatic carbocycles. The molecule has 0 saturated carbocycles. The Morgan fingerprint density at radius 3 is 2.34 bits per heavy atom. The average molecular weight is 442 g/mol. The van der Waals surface area contributed by atoms with Gasteiger partial charge in [0.2, 0.25) is 0 Å². The van der Waals surface area contributed by atoms with Crippen LogP contribution in [-0.2, 0) is 19.0 Å². The van der Waals surface area contributed by atoms with E-state index in [1.165, 1.54) is 12.0 Å². The molecule has 0 aliphatic carbocycles. The minimum Gasteiger partial charge on any atom is -0.481 e. The summed E-state index contributed by atoms with van der Waals surface area (Å²) in [5.41, 5.74) is 2.21. The highest BCUT2D eigenvalue weighted by molar-refractivity contribution is 5.75. The van der Waals surface area contributed by atoms with E-state index in [-0.39, 0.29) is 19.9 Å². The highest BCUT2D eigenvalue weighted by atomic mass is 16.7. The monoisotopic (exact) mass is 441 g/mol. The van der Waals surface area contributed by atoms with Crippen LogP contribution in [0.1, 0.15) is 32.3 Å². The summed E-state index contributed by atoms with van der Waals surface area (Å²) in [7, 11) is 1.51. The van der Waals surface area contributed by atoms with Crippen LogP contribution >= 0.6 is 0 Å². The molecule has 0 spiro atoms. The predicted octanol–water partition coefficient (Wildman–Crippen LogP) is 4.38. The van der Waals surface area contributed by atoms with Gasteiger partial charge in [0.25, 0.3) is 0 Å². The number of ether oxygens (including phenoxy) is 3. The standard InChI is InChI=1S/C25H31NO6/c1-25(2,3)32-24(29)26-14-20(23(27)28)22(21(15-26)31-16-30-4)19-12-8-11-18(13-19)17-9-6-5-7-10-17/h5-13,20-22H,14-16H2,1-4H3,(H,27,28)/t20-,21+,22+/m0/s1. The molecule has 172 valence electrons. The molecule has 7 heteroatoms. The number of carboxylic acids is 1. The molecule has 1 aliphatic rings. The molecule has 3 atom stereocenters. The van der Waals surface area contributed by atoms with Gasteiger partial charge in [-0.2, -0.15) is 0 Å². The van der Waals surface area contributed by atoms with E-state index in [1.807, 2.05) is 54.6 Å². The molecule has 0 aromatic heterocycles. The van der Waals surface area contributed by atoms with E-state index in [4.69, 9.17) is 14.2 Å². The zero-order valence-electron chi connectivity index (χ0n) is 19.0. The summed E-state index contributed by atoms with van der Waals surface area (Å²) in [5, 5.41) is 10.1. The van der Waals surface area contributed by atoms with Crippen molar-refractivity contribution in [2.75, 3.05) is 27.0 Å². The first-order valence-electron chi connectivity index (χ1n) is 10.7. The number of amides is 1. The Morgan fingerprint density at radius 1 is 1.03 bits per heavy atom. The van der Waals surface area contributed by atoms with Crippen molar-refractivity contribution in [2.45, 2.75) is 38.4 Å². The van der Waals surface area contributed by atoms with Crippen molar-refractivity contribution in [3.05, 3.63) is 60.2 Å². The van der Waals surface area contributed by atoms with Gasteiger partial charge in [0.05, 0.1) is 18.6 Å². The predicted molar refractivity (Wildman–Crippen MR) is 120 cm³/mol. The van der Waals surface area contributed by atoms with Gasteiger partial charge in [-0.25, -0.2) is 4.79 Å². The Morgan fingerprint density at radius 2 is 1.72 bits per heavy atom. The summed E-state index contributed by atoms with van der Waals surface area (Å²) in [4.78, 5) is 26.4. The number of hydrogen-bond acceptors (Lipinski definition) is 5. The number of carbonyl (C=O) groups excluding carboxylic acids is 1. The van der Waals surface area contributed by atoms with Gasteiger partial charge >= 0.3 is 12.1 Å². The molecule has 0 unspecified atom stereocenters. The number of aliphatic carboxylic acids is 1. The molecule has 0 bridgehead atoms. The molecule has 1 saturated heterocycles. The van der Waals surface area contributed by atoms with E-state index in [0.29, 0.717) is 0 Å². The van der Waals surface area contributed by atoms with E-state index in [1.54, 1.807) is 20.8 Å². The number of hydrogen-bond donors (Lipinski definition) is 1. The zero-order valence-corrected chi connectivity index (χ0v) is 19.0. The number of piperidine rings is 1. The van der Waals surface area contributed by atoms with E-state index >= 15 is 0 Å². The summed E-state index contributed by atoms with van der Waals surface area (Å²) >= 11 is 0. The third-order valence-electron chi connectivity index (χ3n) is 5.40. The molecule has 1 aliphatic heterocycles. The van der Waals surface area contributed by atoms with Crippen molar-refractivity contribution < 1.29 is 28.9 Å². The lowest BCUT2D eigenvalue weighted by molar-refractivity contribution is -0.152. The van der Waals surface area contributed by atoms with Crippen LogP contribution < -0.4 is 0 Å². The normalized spacial score (nSPS) is 21.2. The Bertz CT molecular complexity index is 924. The number of benzene rings is 2. The smallest absolute Gasteiger partial charge is 0.410 e. The molecule has 1 fully saturated rings. The fourth-order valence-electron chi connectivity index (χ4n) is 4.04. The zero-order chi connectivity index (χ0) is 23.3. The maximum absolute atomic E-state index is 12.7. The summed E-state index contributed by atoms with van der Waals surface area (Å²) in [6.07, 6.45) is -1.12. The first kappa shape index (κ1) is 23.8. The van der Waals surface area contributed by atoms with E-state index in [0.717, 1.165) is 16.7 Å². The lowest BCUT2D eigenvalue weighted by Crippen LogP contribution is -2.54. The van der Waals surface area contributed by atoms with Gasteiger partial charge in [0.15, 0.2) is 0 Å². The van der Waals surface area contributed by atoms with Crippen LogP contribution in [0, 0.1) is 5.92 Å². The fraction of sp³-hybridized carbons (Fsp3) is 0.440. The number of rotatable bonds is 6. The second-order valence-electron chi connectivity index (χ2n) is 8.96. The molecule has 7 nitrogen and oxygen atoms in total. The van der Waals surface area contributed by atoms with E-state index in [2.05, 4.69) is 0 Å². The molecule has 1 amide bonds. The first-order valence-corrected chi connectivity index (χ1v) is 10.7. The van der Waals surface area contributed by atoms with Crippen LogP contribution in [0.4, 0.5) is 4.79 Å². The van der Waals surface area contributed by atoms with Crippen molar-refractivity contribution in [3.63, 3.8) is 0 Å². The van der Waals surface area contributed by atoms with Crippen LogP contribution in [0.25, 0.3) is 11.1 Å². The molecule has 0 radical (unpaired) electrons. The van der Waals surface area contributed by atoms with Crippen LogP contribution in [-0.4, -0.2) is 60.8 Å². The quantitative estimate of drug-likeness (QED) is 0.670.